The molecule has 0 amide bonds. The molecule has 0 aliphatic heterocycles. The summed E-state index contributed by atoms with van der Waals surface area (Å²) in [5.41, 5.74) is -1.30. The maximum Gasteiger partial charge on any atom is 0.295 e. The van der Waals surface area contributed by atoms with E-state index in [1.54, 1.807) is 6.92 Å². The summed E-state index contributed by atoms with van der Waals surface area (Å²) in [6, 6.07) is 0. The summed E-state index contributed by atoms with van der Waals surface area (Å²) in [4.78, 5) is 23.9. The van der Waals surface area contributed by atoms with Gasteiger partial charge in [0.15, 0.2) is 5.60 Å². The molecule has 0 spiro atoms. The van der Waals surface area contributed by atoms with Crippen molar-refractivity contribution in [2.24, 2.45) is 0 Å². The minimum absolute atomic E-state index is 0.287. The lowest BCUT2D eigenvalue weighted by atomic mass is 10.0. The van der Waals surface area contributed by atoms with Gasteiger partial charge in [0.2, 0.25) is 6.54 Å². The highest BCUT2D eigenvalue weighted by atomic mass is 17.0. The molecule has 7 nitrogen and oxygen atoms in total. The van der Waals surface area contributed by atoms with Gasteiger partial charge in [0, 0.05) is 4.92 Å². The van der Waals surface area contributed by atoms with Gasteiger partial charge in [0.25, 0.3) is 5.09 Å². The molecule has 1 atom stereocenters. The van der Waals surface area contributed by atoms with E-state index in [-0.39, 0.29) is 6.42 Å². The van der Waals surface area contributed by atoms with E-state index in [0.717, 1.165) is 0 Å². The van der Waals surface area contributed by atoms with E-state index >= 15 is 0 Å². The quantitative estimate of drug-likeness (QED) is 0.462. The van der Waals surface area contributed by atoms with Gasteiger partial charge < -0.3 is 4.84 Å². The Hall–Kier alpha value is -1.40. The summed E-state index contributed by atoms with van der Waals surface area (Å²) in [6.45, 7) is 2.59. The zero-order valence-electron chi connectivity index (χ0n) is 7.56. The smallest absolute Gasteiger partial charge is 0.295 e. The van der Waals surface area contributed by atoms with Crippen molar-refractivity contribution in [1.82, 2.24) is 0 Å². The zero-order chi connectivity index (χ0) is 10.5. The highest BCUT2D eigenvalue weighted by molar-refractivity contribution is 4.71. The molecule has 0 aromatic carbocycles. The van der Waals surface area contributed by atoms with Crippen LogP contribution >= 0.6 is 0 Å². The molecule has 7 heteroatoms. The minimum Gasteiger partial charge on any atom is -0.301 e. The average molecular weight is 192 g/mol. The molecule has 76 valence electrons. The number of nitrogens with zero attached hydrogens (tertiary/aromatic N) is 2. The summed E-state index contributed by atoms with van der Waals surface area (Å²) >= 11 is 0. The van der Waals surface area contributed by atoms with Crippen molar-refractivity contribution in [2.75, 3.05) is 6.54 Å². The maximum atomic E-state index is 10.2. The van der Waals surface area contributed by atoms with Crippen LogP contribution in [0.15, 0.2) is 0 Å². The van der Waals surface area contributed by atoms with Crippen LogP contribution in [0.1, 0.15) is 26.7 Å². The van der Waals surface area contributed by atoms with Crippen LogP contribution in [-0.2, 0) is 4.84 Å². The molecular weight excluding hydrogens is 180 g/mol. The Morgan fingerprint density at radius 2 is 1.92 bits per heavy atom. The van der Waals surface area contributed by atoms with Gasteiger partial charge in [-0.2, -0.15) is 0 Å². The van der Waals surface area contributed by atoms with Crippen molar-refractivity contribution >= 4 is 0 Å². The van der Waals surface area contributed by atoms with Gasteiger partial charge in [0.05, 0.1) is 0 Å². The molecule has 0 radical (unpaired) electrons. The van der Waals surface area contributed by atoms with Gasteiger partial charge in [-0.05, 0) is 13.3 Å². The first-order chi connectivity index (χ1) is 5.89. The van der Waals surface area contributed by atoms with Gasteiger partial charge in [-0.15, -0.1) is 10.1 Å². The summed E-state index contributed by atoms with van der Waals surface area (Å²) in [7, 11) is 0. The molecule has 0 bridgehead atoms. The van der Waals surface area contributed by atoms with Gasteiger partial charge in [-0.3, -0.25) is 10.1 Å². The highest BCUT2D eigenvalue weighted by Gasteiger charge is 2.33. The van der Waals surface area contributed by atoms with Crippen molar-refractivity contribution in [3.63, 3.8) is 0 Å². The van der Waals surface area contributed by atoms with Crippen molar-refractivity contribution in [2.45, 2.75) is 32.3 Å². The highest BCUT2D eigenvalue weighted by Crippen LogP contribution is 2.17. The molecule has 1 unspecified atom stereocenters. The normalized spacial score (nSPS) is 14.6. The van der Waals surface area contributed by atoms with E-state index in [4.69, 9.17) is 0 Å². The Labute approximate surface area is 74.9 Å². The fourth-order valence-corrected chi connectivity index (χ4v) is 1.14. The van der Waals surface area contributed by atoms with Crippen LogP contribution in [0.25, 0.3) is 0 Å². The Kier molecular flexibility index (Phi) is 4.09. The SMILES string of the molecule is CCCC(C)(C[N+](=O)[O-])O[N+](=O)[O-]. The van der Waals surface area contributed by atoms with E-state index in [9.17, 15) is 20.2 Å². The lowest BCUT2D eigenvalue weighted by molar-refractivity contribution is -0.787. The molecule has 13 heavy (non-hydrogen) atoms. The lowest BCUT2D eigenvalue weighted by Gasteiger charge is -2.21. The Bertz CT molecular complexity index is 189. The van der Waals surface area contributed by atoms with Gasteiger partial charge in [-0.1, -0.05) is 13.3 Å². The van der Waals surface area contributed by atoms with Gasteiger partial charge in [0.1, 0.15) is 0 Å². The topological polar surface area (TPSA) is 95.5 Å². The second kappa shape index (κ2) is 4.58. The Balaban J connectivity index is 4.32. The number of hydrogen-bond donors (Lipinski definition) is 0. The van der Waals surface area contributed by atoms with E-state index in [1.807, 2.05) is 0 Å². The van der Waals surface area contributed by atoms with Gasteiger partial charge >= 0.3 is 0 Å². The predicted octanol–water partition coefficient (Wildman–Crippen LogP) is 1.03. The van der Waals surface area contributed by atoms with Crippen LogP contribution < -0.4 is 0 Å². The molecule has 0 saturated heterocycles. The molecule has 0 aromatic rings. The monoisotopic (exact) mass is 192 g/mol. The average Bonchev–Trinajstić information content (AvgIpc) is 1.81. The first kappa shape index (κ1) is 11.6. The first-order valence-corrected chi connectivity index (χ1v) is 3.85. The molecule has 0 rings (SSSR count). The largest absolute Gasteiger partial charge is 0.301 e. The number of rotatable bonds is 6. The summed E-state index contributed by atoms with van der Waals surface area (Å²) in [5, 5.41) is 19.2. The summed E-state index contributed by atoms with van der Waals surface area (Å²) in [6.07, 6.45) is 0.882. The lowest BCUT2D eigenvalue weighted by Crippen LogP contribution is -2.38. The summed E-state index contributed by atoms with van der Waals surface area (Å²) in [5.74, 6) is 0. The molecule has 0 fully saturated rings. The van der Waals surface area contributed by atoms with E-state index in [2.05, 4.69) is 4.84 Å². The minimum atomic E-state index is -1.30. The standard InChI is InChI=1S/C6H12N2O5/c1-3-4-6(2,5-7(9)10)13-8(11)12/h3-5H2,1-2H3. The Morgan fingerprint density at radius 1 is 1.38 bits per heavy atom. The maximum absolute atomic E-state index is 10.2. The van der Waals surface area contributed by atoms with Crippen LogP contribution in [0.3, 0.4) is 0 Å². The van der Waals surface area contributed by atoms with Crippen LogP contribution in [0, 0.1) is 20.2 Å². The van der Waals surface area contributed by atoms with Crippen molar-refractivity contribution in [1.29, 1.82) is 0 Å². The van der Waals surface area contributed by atoms with Crippen LogP contribution in [0.2, 0.25) is 0 Å². The second-order valence-electron chi connectivity index (χ2n) is 3.01. The van der Waals surface area contributed by atoms with Crippen molar-refractivity contribution < 1.29 is 14.8 Å². The van der Waals surface area contributed by atoms with Crippen molar-refractivity contribution in [3.05, 3.63) is 20.2 Å². The van der Waals surface area contributed by atoms with Crippen LogP contribution in [0.4, 0.5) is 0 Å². The molecule has 0 aliphatic carbocycles. The third kappa shape index (κ3) is 4.94. The third-order valence-corrected chi connectivity index (χ3v) is 1.54. The zero-order valence-corrected chi connectivity index (χ0v) is 7.56. The molecule has 0 heterocycles. The number of hydrogen-bond acceptors (Lipinski definition) is 5. The fraction of sp³-hybridized carbons (Fsp3) is 1.00. The molecule has 0 N–H and O–H groups in total. The van der Waals surface area contributed by atoms with Crippen LogP contribution in [-0.4, -0.2) is 22.2 Å². The van der Waals surface area contributed by atoms with Crippen molar-refractivity contribution in [3.8, 4) is 0 Å². The summed E-state index contributed by atoms with van der Waals surface area (Å²) < 4.78 is 0. The molecule has 0 aliphatic rings. The van der Waals surface area contributed by atoms with E-state index < -0.39 is 22.2 Å². The fourth-order valence-electron chi connectivity index (χ4n) is 1.14. The second-order valence-corrected chi connectivity index (χ2v) is 3.01. The van der Waals surface area contributed by atoms with Gasteiger partial charge in [-0.25, -0.2) is 0 Å². The molecule has 0 saturated carbocycles. The third-order valence-electron chi connectivity index (χ3n) is 1.54. The molecule has 0 aromatic heterocycles. The predicted molar refractivity (Wildman–Crippen MR) is 43.3 cm³/mol. The van der Waals surface area contributed by atoms with Crippen LogP contribution in [0.5, 0.6) is 0 Å². The number of nitro groups is 1. The molecular formula is C6H12N2O5. The first-order valence-electron chi connectivity index (χ1n) is 3.85. The van der Waals surface area contributed by atoms with E-state index in [0.29, 0.717) is 6.42 Å². The van der Waals surface area contributed by atoms with E-state index in [1.165, 1.54) is 6.92 Å². The Morgan fingerprint density at radius 3 is 2.23 bits per heavy atom.